The molecule has 0 unspecified atom stereocenters. The van der Waals surface area contributed by atoms with Crippen LogP contribution in [0.5, 0.6) is 0 Å². The Bertz CT molecular complexity index is 41.0. The molecule has 7 heavy (non-hydrogen) atoms. The third-order valence-electron chi connectivity index (χ3n) is 0. The minimum absolute atomic E-state index is 0.833. The van der Waals surface area contributed by atoms with Crippen LogP contribution in [0.2, 0.25) is 0 Å². The van der Waals surface area contributed by atoms with Crippen LogP contribution in [0.3, 0.4) is 0 Å². The molecule has 0 heterocycles. The topological polar surface area (TPSA) is 77.8 Å². The molecule has 5 heteroatoms. The quantitative estimate of drug-likeness (QED) is 0.335. The average molecular weight is 122 g/mol. The highest BCUT2D eigenvalue weighted by atomic mass is 27.2. The Labute approximate surface area is 47.8 Å². The molecule has 0 fully saturated rings. The summed E-state index contributed by atoms with van der Waals surface area (Å²) in [6.45, 7) is 1.08. The Kier molecular flexibility index (Phi) is 13.4. The van der Waals surface area contributed by atoms with Gasteiger partial charge in [0.1, 0.15) is 0 Å². The molecule has 0 aromatic carbocycles. The highest BCUT2D eigenvalue weighted by Gasteiger charge is 1.65. The van der Waals surface area contributed by atoms with Gasteiger partial charge in [-0.15, -0.1) is 0 Å². The van der Waals surface area contributed by atoms with Crippen LogP contribution in [0.15, 0.2) is 0 Å². The molecule has 0 aliphatic carbocycles. The largest absolute Gasteiger partial charge is 0.644 e. The van der Waals surface area contributed by atoms with E-state index >= 15 is 0 Å². The lowest BCUT2D eigenvalue weighted by atomic mass is 10.9. The van der Waals surface area contributed by atoms with E-state index in [0.717, 1.165) is 6.92 Å². The van der Waals surface area contributed by atoms with Gasteiger partial charge in [0, 0.05) is 6.92 Å². The Morgan fingerprint density at radius 1 is 1.57 bits per heavy atom. The van der Waals surface area contributed by atoms with Crippen molar-refractivity contribution in [3.05, 3.63) is 0 Å². The summed E-state index contributed by atoms with van der Waals surface area (Å²) in [5.41, 5.74) is 0. The Morgan fingerprint density at radius 3 is 1.57 bits per heavy atom. The smallest absolute Gasteiger partial charge is 0.496 e. The lowest BCUT2D eigenvalue weighted by Crippen LogP contribution is -1.78. The summed E-state index contributed by atoms with van der Waals surface area (Å²) >= 11 is -1.58. The van der Waals surface area contributed by atoms with Gasteiger partial charge in [-0.25, -0.2) is 0 Å². The van der Waals surface area contributed by atoms with Crippen LogP contribution in [0.4, 0.5) is 0 Å². The van der Waals surface area contributed by atoms with Crippen molar-refractivity contribution in [1.82, 2.24) is 0 Å². The van der Waals surface area contributed by atoms with Gasteiger partial charge in [0.05, 0.1) is 0 Å². The minimum atomic E-state index is -1.58. The summed E-state index contributed by atoms with van der Waals surface area (Å²) in [6.07, 6.45) is 0. The highest BCUT2D eigenvalue weighted by Crippen LogP contribution is 1.42. The summed E-state index contributed by atoms with van der Waals surface area (Å²) in [5, 5.41) is 7.42. The normalized spacial score (nSPS) is 5.57. The molecule has 4 nitrogen and oxygen atoms in total. The minimum Gasteiger partial charge on any atom is -0.496 e. The Balaban J connectivity index is 0. The molecular weight excluding hydrogens is 115 g/mol. The summed E-state index contributed by atoms with van der Waals surface area (Å²) in [7, 11) is 0. The van der Waals surface area contributed by atoms with Gasteiger partial charge in [-0.2, -0.15) is 0 Å². The zero-order chi connectivity index (χ0) is 6.28. The van der Waals surface area contributed by atoms with Crippen molar-refractivity contribution in [3.8, 4) is 0 Å². The first kappa shape index (κ1) is 10.0. The van der Waals surface area contributed by atoms with E-state index in [2.05, 4.69) is 0 Å². The van der Waals surface area contributed by atoms with Crippen molar-refractivity contribution >= 4 is 21.9 Å². The fraction of sp³-hybridized carbons (Fsp3) is 0.500. The zero-order valence-electron chi connectivity index (χ0n) is 3.96. The molecule has 0 aromatic heterocycles. The predicted octanol–water partition coefficient (Wildman–Crippen LogP) is -1.67. The molecule has 0 bridgehead atoms. The lowest BCUT2D eigenvalue weighted by Gasteiger charge is -1.59. The van der Waals surface area contributed by atoms with Crippen molar-refractivity contribution in [2.45, 2.75) is 6.92 Å². The van der Waals surface area contributed by atoms with E-state index in [0.29, 0.717) is 0 Å². The van der Waals surface area contributed by atoms with Crippen LogP contribution in [0.1, 0.15) is 6.92 Å². The van der Waals surface area contributed by atoms with Crippen LogP contribution in [-0.2, 0) is 4.79 Å². The van der Waals surface area contributed by atoms with Gasteiger partial charge in [0.2, 0.25) is 0 Å². The van der Waals surface area contributed by atoms with Gasteiger partial charge in [-0.3, -0.25) is 4.79 Å². The standard InChI is InChI=1S/C2H4O2.Al.2H2O.H/c1-2(3)4;;;;/h1H3,(H,3,4);;2*1H2;/q;+2;;;/p-2. The van der Waals surface area contributed by atoms with E-state index < -0.39 is 21.9 Å². The monoisotopic (exact) mass is 122 g/mol. The number of hydrogen-bond acceptors (Lipinski definition) is 3. The van der Waals surface area contributed by atoms with Crippen LogP contribution >= 0.6 is 0 Å². The number of carboxylic acids is 1. The third-order valence-corrected chi connectivity index (χ3v) is 0. The third kappa shape index (κ3) is 15200. The van der Waals surface area contributed by atoms with Gasteiger partial charge < -0.3 is 13.4 Å². The van der Waals surface area contributed by atoms with E-state index in [4.69, 9.17) is 18.2 Å². The van der Waals surface area contributed by atoms with Crippen molar-refractivity contribution in [2.75, 3.05) is 0 Å². The lowest BCUT2D eigenvalue weighted by molar-refractivity contribution is -0.134. The summed E-state index contributed by atoms with van der Waals surface area (Å²) in [6, 6.07) is 0. The van der Waals surface area contributed by atoms with Gasteiger partial charge >= 0.3 is 15.9 Å². The van der Waals surface area contributed by atoms with Crippen molar-refractivity contribution in [1.29, 1.82) is 0 Å². The van der Waals surface area contributed by atoms with Crippen LogP contribution in [0, 0.1) is 0 Å². The fourth-order valence-electron chi connectivity index (χ4n) is 0. The predicted molar refractivity (Wildman–Crippen MR) is 24.9 cm³/mol. The van der Waals surface area contributed by atoms with Crippen molar-refractivity contribution in [3.63, 3.8) is 0 Å². The first-order valence-corrected chi connectivity index (χ1v) is 2.83. The van der Waals surface area contributed by atoms with E-state index in [1.165, 1.54) is 0 Å². The molecule has 0 spiro atoms. The van der Waals surface area contributed by atoms with Crippen molar-refractivity contribution < 1.29 is 18.2 Å². The fourth-order valence-corrected chi connectivity index (χ4v) is 0. The maximum Gasteiger partial charge on any atom is 0.644 e. The maximum atomic E-state index is 9.00. The van der Waals surface area contributed by atoms with Crippen molar-refractivity contribution in [2.24, 2.45) is 0 Å². The summed E-state index contributed by atoms with van der Waals surface area (Å²) in [4.78, 5) is 9.00. The summed E-state index contributed by atoms with van der Waals surface area (Å²) in [5.74, 6) is -0.833. The second kappa shape index (κ2) is 9.33. The molecule has 0 radical (unpaired) electrons. The SMILES string of the molecule is CC(=O)O.[OH][AlH][OH]. The maximum absolute atomic E-state index is 9.00. The van der Waals surface area contributed by atoms with Gasteiger partial charge in [-0.1, -0.05) is 0 Å². The first-order chi connectivity index (χ1) is 3.15. The van der Waals surface area contributed by atoms with E-state index in [9.17, 15) is 0 Å². The van der Waals surface area contributed by atoms with E-state index in [1.807, 2.05) is 0 Å². The molecule has 0 aliphatic heterocycles. The molecule has 3 N–H and O–H groups in total. The van der Waals surface area contributed by atoms with E-state index in [1.54, 1.807) is 0 Å². The molecule has 0 rings (SSSR count). The number of carboxylic acid groups (broad SMARTS) is 1. The average Bonchev–Trinajstić information content (AvgIpc) is 1.33. The Morgan fingerprint density at radius 2 is 1.57 bits per heavy atom. The first-order valence-electron chi connectivity index (χ1n) is 1.56. The van der Waals surface area contributed by atoms with Crippen LogP contribution in [-0.4, -0.2) is 35.3 Å². The molecule has 0 saturated carbocycles. The Hall–Kier alpha value is -0.0775. The van der Waals surface area contributed by atoms with Crippen LogP contribution in [0.25, 0.3) is 0 Å². The van der Waals surface area contributed by atoms with E-state index in [-0.39, 0.29) is 0 Å². The molecule has 0 atom stereocenters. The second-order valence-electron chi connectivity index (χ2n) is 0.660. The molecule has 0 aromatic rings. The number of rotatable bonds is 0. The second-order valence-corrected chi connectivity index (χ2v) is 0.943. The van der Waals surface area contributed by atoms with Crippen LogP contribution < -0.4 is 0 Å². The molecule has 0 amide bonds. The summed E-state index contributed by atoms with van der Waals surface area (Å²) < 4.78 is 14.5. The molecular formula is C2H7AlO4. The molecule has 0 aliphatic rings. The molecule has 42 valence electrons. The number of aliphatic carboxylic acids is 1. The number of hydrogen-bond donors (Lipinski definition) is 3. The van der Waals surface area contributed by atoms with Gasteiger partial charge in [-0.05, 0) is 0 Å². The highest BCUT2D eigenvalue weighted by molar-refractivity contribution is 6.13. The van der Waals surface area contributed by atoms with Gasteiger partial charge in [0.15, 0.2) is 0 Å². The van der Waals surface area contributed by atoms with Gasteiger partial charge in [0.25, 0.3) is 5.97 Å². The number of carbonyl (C=O) groups is 1. The zero-order valence-corrected chi connectivity index (χ0v) is 5.37. The molecule has 0 saturated heterocycles.